The van der Waals surface area contributed by atoms with E-state index in [1.165, 1.54) is 22.1 Å². The highest BCUT2D eigenvalue weighted by Gasteiger charge is 2.23. The van der Waals surface area contributed by atoms with Crippen LogP contribution < -0.4 is 0 Å². The topological polar surface area (TPSA) is 68.3 Å². The van der Waals surface area contributed by atoms with Gasteiger partial charge in [-0.05, 0) is 48.0 Å². The second kappa shape index (κ2) is 9.89. The normalized spacial score (nSPS) is 12.2. The minimum atomic E-state index is -3.61. The van der Waals surface area contributed by atoms with E-state index in [1.807, 2.05) is 24.5 Å². The quantitative estimate of drug-likeness (QED) is 0.268. The predicted octanol–water partition coefficient (Wildman–Crippen LogP) is 5.79. The van der Waals surface area contributed by atoms with Crippen LogP contribution in [0.2, 0.25) is 5.02 Å². The zero-order valence-corrected chi connectivity index (χ0v) is 20.6. The van der Waals surface area contributed by atoms with Gasteiger partial charge in [0.05, 0.1) is 28.7 Å². The van der Waals surface area contributed by atoms with Crippen LogP contribution in [0.15, 0.2) is 69.3 Å². The van der Waals surface area contributed by atoms with Gasteiger partial charge in [0.1, 0.15) is 11.6 Å². The van der Waals surface area contributed by atoms with Crippen LogP contribution >= 0.6 is 23.4 Å². The fraction of sp³-hybridized carbons (Fsp3) is 0.261. The smallest absolute Gasteiger partial charge is 0.243 e. The molecule has 0 fully saturated rings. The SMILES string of the molecule is CCN(CC)S(=O)(=O)c1ccc2c(c1)nc(SCc1ccc(Cl)cc1F)n2Cc1ccco1. The molecule has 174 valence electrons. The molecule has 0 radical (unpaired) electrons. The maximum absolute atomic E-state index is 14.3. The van der Waals surface area contributed by atoms with E-state index in [4.69, 9.17) is 21.0 Å². The maximum Gasteiger partial charge on any atom is 0.243 e. The average molecular weight is 508 g/mol. The van der Waals surface area contributed by atoms with Crippen molar-refractivity contribution in [2.75, 3.05) is 13.1 Å². The molecule has 0 saturated carbocycles. The van der Waals surface area contributed by atoms with Crippen LogP contribution in [-0.4, -0.2) is 35.4 Å². The third-order valence-corrected chi connectivity index (χ3v) is 8.60. The van der Waals surface area contributed by atoms with Crippen molar-refractivity contribution in [3.63, 3.8) is 0 Å². The molecule has 0 N–H and O–H groups in total. The summed E-state index contributed by atoms with van der Waals surface area (Å²) >= 11 is 7.22. The summed E-state index contributed by atoms with van der Waals surface area (Å²) in [5.41, 5.74) is 1.82. The lowest BCUT2D eigenvalue weighted by Crippen LogP contribution is -2.30. The van der Waals surface area contributed by atoms with Crippen molar-refractivity contribution in [2.45, 2.75) is 36.2 Å². The van der Waals surface area contributed by atoms with Gasteiger partial charge in [0, 0.05) is 23.9 Å². The molecular weight excluding hydrogens is 485 g/mol. The summed E-state index contributed by atoms with van der Waals surface area (Å²) in [4.78, 5) is 4.89. The van der Waals surface area contributed by atoms with E-state index in [2.05, 4.69) is 0 Å². The summed E-state index contributed by atoms with van der Waals surface area (Å²) in [6.45, 7) is 4.80. The maximum atomic E-state index is 14.3. The van der Waals surface area contributed by atoms with Gasteiger partial charge in [0.15, 0.2) is 5.16 Å². The molecule has 0 bridgehead atoms. The Kier molecular flexibility index (Phi) is 7.13. The van der Waals surface area contributed by atoms with E-state index in [-0.39, 0.29) is 10.7 Å². The molecule has 4 aromatic rings. The van der Waals surface area contributed by atoms with E-state index < -0.39 is 10.0 Å². The first-order valence-electron chi connectivity index (χ1n) is 10.4. The molecule has 0 aliphatic heterocycles. The molecule has 4 rings (SSSR count). The summed E-state index contributed by atoms with van der Waals surface area (Å²) in [5, 5.41) is 0.974. The van der Waals surface area contributed by atoms with Gasteiger partial charge in [-0.2, -0.15) is 4.31 Å². The largest absolute Gasteiger partial charge is 0.467 e. The Balaban J connectivity index is 1.73. The molecule has 0 saturated heterocycles. The van der Waals surface area contributed by atoms with Crippen LogP contribution in [-0.2, 0) is 22.3 Å². The highest BCUT2D eigenvalue weighted by atomic mass is 35.5. The molecule has 0 spiro atoms. The monoisotopic (exact) mass is 507 g/mol. The molecule has 2 aromatic heterocycles. The molecule has 0 unspecified atom stereocenters. The number of sulfonamides is 1. The van der Waals surface area contributed by atoms with Crippen molar-refractivity contribution < 1.29 is 17.2 Å². The van der Waals surface area contributed by atoms with Crippen LogP contribution in [0.25, 0.3) is 11.0 Å². The van der Waals surface area contributed by atoms with Crippen LogP contribution in [0.3, 0.4) is 0 Å². The number of imidazole rings is 1. The standard InChI is InChI=1S/C23H23ClFN3O3S2/c1-3-27(4-2)33(29,30)19-9-10-22-21(13-19)26-23(28(22)14-18-6-5-11-31-18)32-15-16-7-8-17(24)12-20(16)25/h5-13H,3-4,14-15H2,1-2H3. The summed E-state index contributed by atoms with van der Waals surface area (Å²) in [5.74, 6) is 0.694. The summed E-state index contributed by atoms with van der Waals surface area (Å²) in [6, 6.07) is 13.2. The zero-order valence-electron chi connectivity index (χ0n) is 18.2. The van der Waals surface area contributed by atoms with Gasteiger partial charge in [-0.3, -0.25) is 0 Å². The van der Waals surface area contributed by atoms with Gasteiger partial charge in [-0.1, -0.05) is 43.3 Å². The highest BCUT2D eigenvalue weighted by molar-refractivity contribution is 7.98. The van der Waals surface area contributed by atoms with Gasteiger partial charge < -0.3 is 8.98 Å². The fourth-order valence-corrected chi connectivity index (χ4v) is 6.20. The van der Waals surface area contributed by atoms with Crippen molar-refractivity contribution >= 4 is 44.4 Å². The molecule has 0 amide bonds. The van der Waals surface area contributed by atoms with Crippen molar-refractivity contribution in [1.82, 2.24) is 13.9 Å². The molecule has 6 nitrogen and oxygen atoms in total. The first-order valence-corrected chi connectivity index (χ1v) is 13.2. The van der Waals surface area contributed by atoms with Crippen molar-refractivity contribution in [1.29, 1.82) is 0 Å². The lowest BCUT2D eigenvalue weighted by Gasteiger charge is -2.18. The van der Waals surface area contributed by atoms with E-state index in [1.54, 1.807) is 42.7 Å². The van der Waals surface area contributed by atoms with Crippen molar-refractivity contribution in [3.8, 4) is 0 Å². The van der Waals surface area contributed by atoms with Crippen LogP contribution in [0.1, 0.15) is 25.2 Å². The number of rotatable bonds is 9. The number of benzene rings is 2. The Morgan fingerprint density at radius 3 is 2.61 bits per heavy atom. The van der Waals surface area contributed by atoms with E-state index in [0.717, 1.165) is 11.3 Å². The third-order valence-electron chi connectivity index (χ3n) is 5.29. The second-order valence-corrected chi connectivity index (χ2v) is 10.6. The highest BCUT2D eigenvalue weighted by Crippen LogP contribution is 2.31. The molecule has 0 atom stereocenters. The molecule has 10 heteroatoms. The molecule has 33 heavy (non-hydrogen) atoms. The number of fused-ring (bicyclic) bond motifs is 1. The molecule has 2 heterocycles. The number of furan rings is 1. The second-order valence-electron chi connectivity index (χ2n) is 7.32. The van der Waals surface area contributed by atoms with Gasteiger partial charge in [0.25, 0.3) is 0 Å². The number of hydrogen-bond donors (Lipinski definition) is 0. The lowest BCUT2D eigenvalue weighted by molar-refractivity contribution is 0.445. The number of halogens is 2. The van der Waals surface area contributed by atoms with Crippen molar-refractivity contribution in [3.05, 3.63) is 77.0 Å². The number of thioether (sulfide) groups is 1. The van der Waals surface area contributed by atoms with Gasteiger partial charge >= 0.3 is 0 Å². The van der Waals surface area contributed by atoms with Gasteiger partial charge in [-0.25, -0.2) is 17.8 Å². The van der Waals surface area contributed by atoms with Gasteiger partial charge in [-0.15, -0.1) is 0 Å². The van der Waals surface area contributed by atoms with Gasteiger partial charge in [0.2, 0.25) is 10.0 Å². The Hall–Kier alpha value is -2.33. The minimum Gasteiger partial charge on any atom is -0.467 e. The molecule has 0 aliphatic carbocycles. The van der Waals surface area contributed by atoms with E-state index in [0.29, 0.717) is 46.6 Å². The van der Waals surface area contributed by atoms with Crippen molar-refractivity contribution in [2.24, 2.45) is 0 Å². The Labute approximate surface area is 201 Å². The molecule has 2 aromatic carbocycles. The average Bonchev–Trinajstić information content (AvgIpc) is 3.42. The fourth-order valence-electron chi connectivity index (χ4n) is 3.56. The minimum absolute atomic E-state index is 0.196. The summed E-state index contributed by atoms with van der Waals surface area (Å²) in [7, 11) is -3.61. The number of hydrogen-bond acceptors (Lipinski definition) is 5. The third kappa shape index (κ3) is 4.96. The van der Waals surface area contributed by atoms with Crippen LogP contribution in [0, 0.1) is 5.82 Å². The molecule has 0 aliphatic rings. The Morgan fingerprint density at radius 2 is 1.94 bits per heavy atom. The summed E-state index contributed by atoms with van der Waals surface area (Å²) in [6.07, 6.45) is 1.60. The first-order chi connectivity index (χ1) is 15.8. The molecular formula is C23H23ClFN3O3S2. The zero-order chi connectivity index (χ0) is 23.6. The van der Waals surface area contributed by atoms with Crippen LogP contribution in [0.4, 0.5) is 4.39 Å². The Morgan fingerprint density at radius 1 is 1.15 bits per heavy atom. The lowest BCUT2D eigenvalue weighted by atomic mass is 10.2. The number of nitrogens with zero attached hydrogens (tertiary/aromatic N) is 3. The predicted molar refractivity (Wildman–Crippen MR) is 129 cm³/mol. The first kappa shape index (κ1) is 23.8. The van der Waals surface area contributed by atoms with Crippen LogP contribution in [0.5, 0.6) is 0 Å². The summed E-state index contributed by atoms with van der Waals surface area (Å²) < 4.78 is 49.1. The number of aromatic nitrogens is 2. The van der Waals surface area contributed by atoms with E-state index in [9.17, 15) is 12.8 Å². The Bertz CT molecular complexity index is 1370. The van der Waals surface area contributed by atoms with E-state index >= 15 is 0 Å².